The second kappa shape index (κ2) is 5.44. The van der Waals surface area contributed by atoms with Crippen LogP contribution in [0.2, 0.25) is 0 Å². The second-order valence-electron chi connectivity index (χ2n) is 7.04. The van der Waals surface area contributed by atoms with Crippen molar-refractivity contribution in [1.82, 2.24) is 19.7 Å². The van der Waals surface area contributed by atoms with Gasteiger partial charge in [-0.2, -0.15) is 5.10 Å². The van der Waals surface area contributed by atoms with E-state index >= 15 is 0 Å². The van der Waals surface area contributed by atoms with E-state index in [2.05, 4.69) is 54.3 Å². The Morgan fingerprint density at radius 1 is 1.00 bits per heavy atom. The zero-order chi connectivity index (χ0) is 17.6. The van der Waals surface area contributed by atoms with Gasteiger partial charge in [-0.3, -0.25) is 0 Å². The maximum absolute atomic E-state index is 6.14. The van der Waals surface area contributed by atoms with Gasteiger partial charge in [-0.15, -0.1) is 0 Å². The normalized spacial score (nSPS) is 12.0. The molecule has 0 unspecified atom stereocenters. The summed E-state index contributed by atoms with van der Waals surface area (Å²) < 4.78 is 1.88. The van der Waals surface area contributed by atoms with Crippen LogP contribution in [0.5, 0.6) is 0 Å². The highest BCUT2D eigenvalue weighted by molar-refractivity contribution is 6.01. The molecule has 0 atom stereocenters. The number of fused-ring (bicyclic) bond motifs is 2. The molecule has 0 radical (unpaired) electrons. The van der Waals surface area contributed by atoms with Crippen LogP contribution in [0.4, 0.5) is 17.3 Å². The van der Waals surface area contributed by atoms with Gasteiger partial charge >= 0.3 is 0 Å². The molecule has 0 fully saturated rings. The number of nitrogens with two attached hydrogens (primary N) is 1. The van der Waals surface area contributed by atoms with Gasteiger partial charge in [0.25, 0.3) is 0 Å². The van der Waals surface area contributed by atoms with Gasteiger partial charge in [0.05, 0.1) is 5.54 Å². The van der Waals surface area contributed by atoms with Gasteiger partial charge in [-0.05, 0) is 32.2 Å². The van der Waals surface area contributed by atoms with E-state index < -0.39 is 0 Å². The second-order valence-corrected chi connectivity index (χ2v) is 7.04. The maximum atomic E-state index is 6.14. The number of hydrogen-bond donors (Lipinski definition) is 2. The molecule has 3 N–H and O–H groups in total. The van der Waals surface area contributed by atoms with E-state index in [4.69, 9.17) is 10.8 Å². The highest BCUT2D eigenvalue weighted by Gasteiger charge is 2.23. The van der Waals surface area contributed by atoms with Gasteiger partial charge in [0.2, 0.25) is 0 Å². The Kier molecular flexibility index (Phi) is 3.35. The summed E-state index contributed by atoms with van der Waals surface area (Å²) in [5.74, 6) is 1.09. The molecule has 6 heteroatoms. The molecular formula is C19H20N6. The Morgan fingerprint density at radius 2 is 1.76 bits per heavy atom. The summed E-state index contributed by atoms with van der Waals surface area (Å²) >= 11 is 0. The predicted molar refractivity (Wildman–Crippen MR) is 102 cm³/mol. The number of nitrogens with zero attached hydrogens (tertiary/aromatic N) is 4. The van der Waals surface area contributed by atoms with E-state index in [1.165, 1.54) is 6.33 Å². The van der Waals surface area contributed by atoms with Crippen molar-refractivity contribution >= 4 is 39.1 Å². The SMILES string of the molecule is CC(C)(C)n1nc(Nc2cccc3ccccc23)c2c(N)ncnc21. The van der Waals surface area contributed by atoms with Crippen molar-refractivity contribution in [2.75, 3.05) is 11.1 Å². The lowest BCUT2D eigenvalue weighted by atomic mass is 10.1. The molecule has 0 aliphatic rings. The monoisotopic (exact) mass is 332 g/mol. The Balaban J connectivity index is 1.92. The quantitative estimate of drug-likeness (QED) is 0.578. The largest absolute Gasteiger partial charge is 0.383 e. The van der Waals surface area contributed by atoms with Crippen molar-refractivity contribution in [3.05, 3.63) is 48.8 Å². The summed E-state index contributed by atoms with van der Waals surface area (Å²) in [6.45, 7) is 6.25. The molecule has 0 bridgehead atoms. The molecule has 2 aromatic carbocycles. The average molecular weight is 332 g/mol. The van der Waals surface area contributed by atoms with Crippen molar-refractivity contribution in [3.63, 3.8) is 0 Å². The van der Waals surface area contributed by atoms with Crippen LogP contribution >= 0.6 is 0 Å². The minimum atomic E-state index is -0.224. The Bertz CT molecular complexity index is 1070. The third-order valence-corrected chi connectivity index (χ3v) is 4.17. The van der Waals surface area contributed by atoms with Crippen LogP contribution < -0.4 is 11.1 Å². The number of benzene rings is 2. The molecule has 0 saturated carbocycles. The van der Waals surface area contributed by atoms with Gasteiger partial charge in [0, 0.05) is 11.1 Å². The molecule has 0 spiro atoms. The van der Waals surface area contributed by atoms with Gasteiger partial charge in [0.1, 0.15) is 17.5 Å². The smallest absolute Gasteiger partial charge is 0.166 e. The summed E-state index contributed by atoms with van der Waals surface area (Å²) in [5.41, 5.74) is 7.61. The molecule has 2 heterocycles. The van der Waals surface area contributed by atoms with Crippen molar-refractivity contribution in [1.29, 1.82) is 0 Å². The van der Waals surface area contributed by atoms with Crippen molar-refractivity contribution in [3.8, 4) is 0 Å². The number of nitrogens with one attached hydrogen (secondary N) is 1. The number of anilines is 3. The van der Waals surface area contributed by atoms with Crippen LogP contribution in [0, 0.1) is 0 Å². The third kappa shape index (κ3) is 2.55. The molecular weight excluding hydrogens is 312 g/mol. The molecule has 2 aromatic heterocycles. The van der Waals surface area contributed by atoms with Gasteiger partial charge in [-0.1, -0.05) is 36.4 Å². The molecule has 126 valence electrons. The summed E-state index contributed by atoms with van der Waals surface area (Å²) in [7, 11) is 0. The highest BCUT2D eigenvalue weighted by atomic mass is 15.4. The third-order valence-electron chi connectivity index (χ3n) is 4.17. The van der Waals surface area contributed by atoms with E-state index in [0.717, 1.165) is 27.5 Å². The number of rotatable bonds is 2. The van der Waals surface area contributed by atoms with Crippen LogP contribution in [0.25, 0.3) is 21.8 Å². The summed E-state index contributed by atoms with van der Waals surface area (Å²) in [4.78, 5) is 8.54. The molecule has 6 nitrogen and oxygen atoms in total. The topological polar surface area (TPSA) is 81.7 Å². The lowest BCUT2D eigenvalue weighted by Gasteiger charge is -2.19. The van der Waals surface area contributed by atoms with Crippen LogP contribution in [0.3, 0.4) is 0 Å². The predicted octanol–water partition coefficient (Wildman–Crippen LogP) is 4.06. The molecule has 0 amide bonds. The first-order valence-corrected chi connectivity index (χ1v) is 8.19. The Labute approximate surface area is 145 Å². The highest BCUT2D eigenvalue weighted by Crippen LogP contribution is 2.33. The molecule has 4 aromatic rings. The summed E-state index contributed by atoms with van der Waals surface area (Å²) in [6.07, 6.45) is 1.48. The zero-order valence-corrected chi connectivity index (χ0v) is 14.5. The van der Waals surface area contributed by atoms with Crippen LogP contribution in [0.1, 0.15) is 20.8 Å². The standard InChI is InChI=1S/C19H20N6/c1-19(2,3)25-18-15(16(20)21-11-22-18)17(24-25)23-14-10-6-8-12-7-4-5-9-13(12)14/h4-11H,1-3H3,(H,23,24)(H2,20,21,22). The Morgan fingerprint density at radius 3 is 2.56 bits per heavy atom. The molecule has 25 heavy (non-hydrogen) atoms. The summed E-state index contributed by atoms with van der Waals surface area (Å²) in [6, 6.07) is 14.4. The lowest BCUT2D eigenvalue weighted by molar-refractivity contribution is 0.367. The van der Waals surface area contributed by atoms with E-state index in [1.807, 2.05) is 28.9 Å². The van der Waals surface area contributed by atoms with E-state index in [1.54, 1.807) is 0 Å². The average Bonchev–Trinajstić information content (AvgIpc) is 2.95. The molecule has 0 aliphatic carbocycles. The first-order valence-electron chi connectivity index (χ1n) is 8.19. The number of hydrogen-bond acceptors (Lipinski definition) is 5. The number of nitrogen functional groups attached to an aromatic ring is 1. The van der Waals surface area contributed by atoms with Gasteiger partial charge in [0.15, 0.2) is 11.5 Å². The van der Waals surface area contributed by atoms with Gasteiger partial charge < -0.3 is 11.1 Å². The minimum Gasteiger partial charge on any atom is -0.383 e. The van der Waals surface area contributed by atoms with Gasteiger partial charge in [-0.25, -0.2) is 14.6 Å². The first kappa shape index (κ1) is 15.4. The lowest BCUT2D eigenvalue weighted by Crippen LogP contribution is -2.23. The van der Waals surface area contributed by atoms with Crippen LogP contribution in [-0.2, 0) is 5.54 Å². The van der Waals surface area contributed by atoms with Crippen LogP contribution in [0.15, 0.2) is 48.8 Å². The van der Waals surface area contributed by atoms with E-state index in [0.29, 0.717) is 11.6 Å². The summed E-state index contributed by atoms with van der Waals surface area (Å²) in [5, 5.41) is 11.2. The van der Waals surface area contributed by atoms with Crippen molar-refractivity contribution < 1.29 is 0 Å². The zero-order valence-electron chi connectivity index (χ0n) is 14.5. The number of aromatic nitrogens is 4. The minimum absolute atomic E-state index is 0.224. The van der Waals surface area contributed by atoms with Crippen molar-refractivity contribution in [2.45, 2.75) is 26.3 Å². The van der Waals surface area contributed by atoms with Crippen molar-refractivity contribution in [2.24, 2.45) is 0 Å². The molecule has 0 saturated heterocycles. The molecule has 0 aliphatic heterocycles. The van der Waals surface area contributed by atoms with E-state index in [9.17, 15) is 0 Å². The van der Waals surface area contributed by atoms with E-state index in [-0.39, 0.29) is 5.54 Å². The maximum Gasteiger partial charge on any atom is 0.166 e. The fourth-order valence-electron chi connectivity index (χ4n) is 2.99. The fraction of sp³-hybridized carbons (Fsp3) is 0.211. The first-order chi connectivity index (χ1) is 11.9. The fourth-order valence-corrected chi connectivity index (χ4v) is 2.99. The van der Waals surface area contributed by atoms with Crippen LogP contribution in [-0.4, -0.2) is 19.7 Å². The Hall–Kier alpha value is -3.15. The molecule has 4 rings (SSSR count).